The molecule has 2 amide bonds. The normalized spacial score (nSPS) is 19.8. The zero-order valence-corrected chi connectivity index (χ0v) is 10.6. The number of piperidine rings is 1. The van der Waals surface area contributed by atoms with Crippen molar-refractivity contribution in [3.05, 3.63) is 21.9 Å². The van der Waals surface area contributed by atoms with Crippen LogP contribution in [0.5, 0.6) is 0 Å². The molecule has 2 N–H and O–H groups in total. The van der Waals surface area contributed by atoms with E-state index in [2.05, 4.69) is 17.6 Å². The summed E-state index contributed by atoms with van der Waals surface area (Å²) in [7, 11) is 0. The van der Waals surface area contributed by atoms with Gasteiger partial charge in [-0.1, -0.05) is 6.92 Å². The summed E-state index contributed by atoms with van der Waals surface area (Å²) in [5, 5.41) is 5.70. The number of aryl methyl sites for hydroxylation is 1. The number of hydrogen-bond acceptors (Lipinski definition) is 3. The maximum Gasteiger partial charge on any atom is 0.261 e. The van der Waals surface area contributed by atoms with E-state index in [-0.39, 0.29) is 17.9 Å². The number of rotatable bonds is 3. The van der Waals surface area contributed by atoms with Crippen LogP contribution < -0.4 is 10.6 Å². The van der Waals surface area contributed by atoms with E-state index in [1.165, 1.54) is 16.2 Å². The molecule has 0 aliphatic carbocycles. The summed E-state index contributed by atoms with van der Waals surface area (Å²) in [6.07, 6.45) is 2.18. The molecular formula is C12H16N2O2S. The minimum atomic E-state index is -0.0316. The van der Waals surface area contributed by atoms with Crippen LogP contribution in [0.2, 0.25) is 0 Å². The molecule has 1 aromatic rings. The Kier molecular flexibility index (Phi) is 3.78. The molecule has 0 radical (unpaired) electrons. The number of thiophene rings is 1. The van der Waals surface area contributed by atoms with Crippen molar-refractivity contribution < 1.29 is 9.59 Å². The van der Waals surface area contributed by atoms with E-state index in [4.69, 9.17) is 0 Å². The lowest BCUT2D eigenvalue weighted by Crippen LogP contribution is -2.47. The standard InChI is InChI=1S/C12H16N2O2S/c1-2-9-4-5-10(17-9)12(16)14-8-3-6-11(15)13-7-8/h4-5,8H,2-3,6-7H2,1H3,(H,13,15)(H,14,16). The molecule has 4 nitrogen and oxygen atoms in total. The maximum absolute atomic E-state index is 11.9. The number of nitrogens with one attached hydrogen (secondary N) is 2. The van der Waals surface area contributed by atoms with Crippen LogP contribution in [0.1, 0.15) is 34.3 Å². The first-order valence-corrected chi connectivity index (χ1v) is 6.67. The van der Waals surface area contributed by atoms with Gasteiger partial charge in [-0.15, -0.1) is 11.3 Å². The van der Waals surface area contributed by atoms with Crippen molar-refractivity contribution in [1.29, 1.82) is 0 Å². The third-order valence-electron chi connectivity index (χ3n) is 2.83. The highest BCUT2D eigenvalue weighted by Gasteiger charge is 2.20. The Labute approximate surface area is 104 Å². The zero-order chi connectivity index (χ0) is 12.3. The van der Waals surface area contributed by atoms with Crippen LogP contribution in [0.25, 0.3) is 0 Å². The Balaban J connectivity index is 1.90. The van der Waals surface area contributed by atoms with Crippen LogP contribution in [0, 0.1) is 0 Å². The SMILES string of the molecule is CCc1ccc(C(=O)NC2CCC(=O)NC2)s1. The van der Waals surface area contributed by atoms with E-state index < -0.39 is 0 Å². The van der Waals surface area contributed by atoms with Gasteiger partial charge in [-0.3, -0.25) is 9.59 Å². The summed E-state index contributed by atoms with van der Waals surface area (Å²) in [5.74, 6) is 0.0377. The van der Waals surface area contributed by atoms with Crippen molar-refractivity contribution in [3.63, 3.8) is 0 Å². The first-order chi connectivity index (χ1) is 8.19. The van der Waals surface area contributed by atoms with Gasteiger partial charge in [0.25, 0.3) is 5.91 Å². The Hall–Kier alpha value is -1.36. The van der Waals surface area contributed by atoms with Gasteiger partial charge in [-0.25, -0.2) is 0 Å². The van der Waals surface area contributed by atoms with Crippen LogP contribution in [-0.2, 0) is 11.2 Å². The maximum atomic E-state index is 11.9. The fraction of sp³-hybridized carbons (Fsp3) is 0.500. The molecular weight excluding hydrogens is 236 g/mol. The molecule has 2 rings (SSSR count). The second-order valence-electron chi connectivity index (χ2n) is 4.13. The molecule has 1 aliphatic rings. The molecule has 0 saturated carbocycles. The van der Waals surface area contributed by atoms with Gasteiger partial charge in [-0.05, 0) is 25.0 Å². The van der Waals surface area contributed by atoms with Gasteiger partial charge < -0.3 is 10.6 Å². The monoisotopic (exact) mass is 252 g/mol. The Morgan fingerprint density at radius 1 is 1.59 bits per heavy atom. The van der Waals surface area contributed by atoms with E-state index in [9.17, 15) is 9.59 Å². The van der Waals surface area contributed by atoms with E-state index in [0.29, 0.717) is 13.0 Å². The highest BCUT2D eigenvalue weighted by atomic mass is 32.1. The van der Waals surface area contributed by atoms with Gasteiger partial charge in [-0.2, -0.15) is 0 Å². The first-order valence-electron chi connectivity index (χ1n) is 5.85. The Morgan fingerprint density at radius 3 is 3.00 bits per heavy atom. The first kappa shape index (κ1) is 12.1. The quantitative estimate of drug-likeness (QED) is 0.852. The van der Waals surface area contributed by atoms with Gasteiger partial charge in [0.15, 0.2) is 0 Å². The zero-order valence-electron chi connectivity index (χ0n) is 9.79. The average Bonchev–Trinajstić information content (AvgIpc) is 2.81. The lowest BCUT2D eigenvalue weighted by molar-refractivity contribution is -0.122. The van der Waals surface area contributed by atoms with Gasteiger partial charge in [0.1, 0.15) is 0 Å². The Bertz CT molecular complexity index is 418. The molecule has 0 aromatic carbocycles. The fourth-order valence-corrected chi connectivity index (χ4v) is 2.65. The number of amides is 2. The van der Waals surface area contributed by atoms with Gasteiger partial charge in [0, 0.05) is 23.9 Å². The molecule has 5 heteroatoms. The van der Waals surface area contributed by atoms with Crippen LogP contribution >= 0.6 is 11.3 Å². The summed E-state index contributed by atoms with van der Waals surface area (Å²) >= 11 is 1.53. The van der Waals surface area contributed by atoms with Crippen LogP contribution in [0.3, 0.4) is 0 Å². The van der Waals surface area contributed by atoms with Crippen LogP contribution in [0.4, 0.5) is 0 Å². The fourth-order valence-electron chi connectivity index (χ4n) is 1.80. The molecule has 0 bridgehead atoms. The molecule has 17 heavy (non-hydrogen) atoms. The average molecular weight is 252 g/mol. The summed E-state index contributed by atoms with van der Waals surface area (Å²) in [5.41, 5.74) is 0. The van der Waals surface area contributed by atoms with Gasteiger partial charge in [0.2, 0.25) is 5.91 Å². The number of hydrogen-bond donors (Lipinski definition) is 2. The van der Waals surface area contributed by atoms with E-state index in [0.717, 1.165) is 17.7 Å². The third-order valence-corrected chi connectivity index (χ3v) is 4.06. The van der Waals surface area contributed by atoms with Gasteiger partial charge in [0.05, 0.1) is 4.88 Å². The lowest BCUT2D eigenvalue weighted by atomic mass is 10.1. The highest BCUT2D eigenvalue weighted by molar-refractivity contribution is 7.14. The summed E-state index contributed by atoms with van der Waals surface area (Å²) in [6, 6.07) is 3.91. The van der Waals surface area contributed by atoms with Crippen molar-refractivity contribution in [1.82, 2.24) is 10.6 Å². The second-order valence-corrected chi connectivity index (χ2v) is 5.30. The minimum Gasteiger partial charge on any atom is -0.354 e. The molecule has 92 valence electrons. The topological polar surface area (TPSA) is 58.2 Å². The summed E-state index contributed by atoms with van der Waals surface area (Å²) < 4.78 is 0. The molecule has 1 fully saturated rings. The molecule has 0 spiro atoms. The number of carbonyl (C=O) groups excluding carboxylic acids is 2. The largest absolute Gasteiger partial charge is 0.354 e. The highest BCUT2D eigenvalue weighted by Crippen LogP contribution is 2.17. The van der Waals surface area contributed by atoms with Crippen molar-refractivity contribution >= 4 is 23.2 Å². The molecule has 1 aliphatic heterocycles. The van der Waals surface area contributed by atoms with Gasteiger partial charge >= 0.3 is 0 Å². The van der Waals surface area contributed by atoms with Crippen molar-refractivity contribution in [2.75, 3.05) is 6.54 Å². The second kappa shape index (κ2) is 5.31. The van der Waals surface area contributed by atoms with Crippen LogP contribution in [-0.4, -0.2) is 24.4 Å². The predicted octanol–water partition coefficient (Wildman–Crippen LogP) is 1.32. The van der Waals surface area contributed by atoms with E-state index in [1.54, 1.807) is 0 Å². The summed E-state index contributed by atoms with van der Waals surface area (Å²) in [4.78, 5) is 24.9. The Morgan fingerprint density at radius 2 is 2.41 bits per heavy atom. The van der Waals surface area contributed by atoms with Crippen molar-refractivity contribution in [3.8, 4) is 0 Å². The van der Waals surface area contributed by atoms with Crippen LogP contribution in [0.15, 0.2) is 12.1 Å². The van der Waals surface area contributed by atoms with E-state index >= 15 is 0 Å². The predicted molar refractivity (Wildman–Crippen MR) is 67.2 cm³/mol. The molecule has 2 heterocycles. The smallest absolute Gasteiger partial charge is 0.261 e. The third kappa shape index (κ3) is 3.06. The molecule has 1 atom stereocenters. The van der Waals surface area contributed by atoms with E-state index in [1.807, 2.05) is 12.1 Å². The van der Waals surface area contributed by atoms with Crippen molar-refractivity contribution in [2.45, 2.75) is 32.2 Å². The lowest BCUT2D eigenvalue weighted by Gasteiger charge is -2.23. The molecule has 1 unspecified atom stereocenters. The summed E-state index contributed by atoms with van der Waals surface area (Å²) in [6.45, 7) is 2.61. The molecule has 1 saturated heterocycles. The molecule has 1 aromatic heterocycles. The minimum absolute atomic E-state index is 0.0316. The number of carbonyl (C=O) groups is 2. The van der Waals surface area contributed by atoms with Crippen molar-refractivity contribution in [2.24, 2.45) is 0 Å².